The van der Waals surface area contributed by atoms with Crippen molar-refractivity contribution in [3.63, 3.8) is 0 Å². The summed E-state index contributed by atoms with van der Waals surface area (Å²) in [7, 11) is 4.56. The summed E-state index contributed by atoms with van der Waals surface area (Å²) in [4.78, 5) is 24.1. The van der Waals surface area contributed by atoms with Crippen LogP contribution in [0.3, 0.4) is 0 Å². The number of benzene rings is 1. The third-order valence-electron chi connectivity index (χ3n) is 5.50. The molecule has 0 unspecified atom stereocenters. The van der Waals surface area contributed by atoms with Crippen LogP contribution in [0.2, 0.25) is 0 Å². The molecule has 0 bridgehead atoms. The van der Waals surface area contributed by atoms with Gasteiger partial charge in [0.2, 0.25) is 5.75 Å². The highest BCUT2D eigenvalue weighted by Gasteiger charge is 2.28. The summed E-state index contributed by atoms with van der Waals surface area (Å²) in [6.45, 7) is 4.06. The lowest BCUT2D eigenvalue weighted by molar-refractivity contribution is -0.144. The smallest absolute Gasteiger partial charge is 0.331 e. The van der Waals surface area contributed by atoms with Gasteiger partial charge in [-0.25, -0.2) is 4.79 Å². The Bertz CT molecular complexity index is 720. The maximum Gasteiger partial charge on any atom is 0.331 e. The highest BCUT2D eigenvalue weighted by Crippen LogP contribution is 2.38. The molecule has 160 valence electrons. The summed E-state index contributed by atoms with van der Waals surface area (Å²) in [6, 6.07) is 3.56. The zero-order valence-electron chi connectivity index (χ0n) is 17.8. The van der Waals surface area contributed by atoms with Crippen LogP contribution in [0, 0.1) is 11.8 Å². The molecule has 0 radical (unpaired) electrons. The van der Waals surface area contributed by atoms with Crippen LogP contribution in [0.15, 0.2) is 18.2 Å². The lowest BCUT2D eigenvalue weighted by atomic mass is 9.78. The van der Waals surface area contributed by atoms with Crippen LogP contribution in [0.5, 0.6) is 17.2 Å². The Morgan fingerprint density at radius 3 is 2.31 bits per heavy atom. The minimum Gasteiger partial charge on any atom is -0.493 e. The quantitative estimate of drug-likeness (QED) is 0.528. The molecule has 1 aliphatic carbocycles. The van der Waals surface area contributed by atoms with Gasteiger partial charge in [-0.2, -0.15) is 0 Å². The summed E-state index contributed by atoms with van der Waals surface area (Å²) in [5.74, 6) is 1.56. The molecule has 2 rings (SSSR count). The van der Waals surface area contributed by atoms with E-state index in [1.807, 2.05) is 0 Å². The Morgan fingerprint density at radius 1 is 1.07 bits per heavy atom. The normalized spacial score (nSPS) is 21.5. The van der Waals surface area contributed by atoms with Crippen LogP contribution >= 0.6 is 0 Å². The van der Waals surface area contributed by atoms with Crippen molar-refractivity contribution in [3.05, 3.63) is 23.8 Å². The van der Waals surface area contributed by atoms with Gasteiger partial charge in [0.25, 0.3) is 5.91 Å². The van der Waals surface area contributed by atoms with E-state index in [4.69, 9.17) is 18.9 Å². The highest BCUT2D eigenvalue weighted by molar-refractivity contribution is 5.89. The third kappa shape index (κ3) is 6.14. The van der Waals surface area contributed by atoms with Crippen molar-refractivity contribution >= 4 is 18.0 Å². The molecule has 1 aliphatic rings. The van der Waals surface area contributed by atoms with E-state index in [1.54, 1.807) is 18.2 Å². The molecule has 0 aromatic heterocycles. The van der Waals surface area contributed by atoms with Crippen molar-refractivity contribution in [1.82, 2.24) is 5.32 Å². The van der Waals surface area contributed by atoms with Crippen molar-refractivity contribution < 1.29 is 28.5 Å². The summed E-state index contributed by atoms with van der Waals surface area (Å²) in [5, 5.41) is 2.98. The molecule has 7 heteroatoms. The minimum absolute atomic E-state index is 0.139. The second kappa shape index (κ2) is 10.7. The number of esters is 1. The van der Waals surface area contributed by atoms with E-state index in [0.29, 0.717) is 34.6 Å². The van der Waals surface area contributed by atoms with Gasteiger partial charge >= 0.3 is 5.97 Å². The number of carbonyl (C=O) groups excluding carboxylic acids is 2. The molecule has 7 nitrogen and oxygen atoms in total. The first kappa shape index (κ1) is 22.6. The number of carbonyl (C=O) groups is 2. The number of ether oxygens (including phenoxy) is 4. The molecule has 29 heavy (non-hydrogen) atoms. The lowest BCUT2D eigenvalue weighted by Gasteiger charge is -2.34. The molecule has 0 spiro atoms. The maximum absolute atomic E-state index is 12.1. The van der Waals surface area contributed by atoms with Gasteiger partial charge in [-0.1, -0.05) is 26.7 Å². The molecule has 0 aliphatic heterocycles. The molecule has 1 N–H and O–H groups in total. The molecule has 1 saturated carbocycles. The van der Waals surface area contributed by atoms with Gasteiger partial charge in [-0.15, -0.1) is 0 Å². The standard InChI is InChI=1S/C22H31NO6/c1-14-7-6-8-17(15(14)2)23-20(24)13-29-21(25)10-9-16-11-18(26-3)22(28-5)19(12-16)27-4/h9-12,14-15,17H,6-8,13H2,1-5H3,(H,23,24)/b10-9+/t14-,15+,17+/m0/s1. The minimum atomic E-state index is -0.598. The largest absolute Gasteiger partial charge is 0.493 e. The van der Waals surface area contributed by atoms with Gasteiger partial charge in [0.15, 0.2) is 18.1 Å². The zero-order chi connectivity index (χ0) is 21.4. The van der Waals surface area contributed by atoms with Crippen LogP contribution in [-0.2, 0) is 14.3 Å². The van der Waals surface area contributed by atoms with Crippen molar-refractivity contribution in [2.75, 3.05) is 27.9 Å². The van der Waals surface area contributed by atoms with E-state index < -0.39 is 5.97 Å². The molecule has 1 aromatic rings. The van der Waals surface area contributed by atoms with Crippen LogP contribution in [0.4, 0.5) is 0 Å². The van der Waals surface area contributed by atoms with Crippen molar-refractivity contribution in [2.24, 2.45) is 11.8 Å². The van der Waals surface area contributed by atoms with Crippen LogP contribution < -0.4 is 19.5 Å². The average Bonchev–Trinajstić information content (AvgIpc) is 2.73. The predicted octanol–water partition coefficient (Wildman–Crippen LogP) is 3.21. The fourth-order valence-electron chi connectivity index (χ4n) is 3.58. The van der Waals surface area contributed by atoms with Crippen molar-refractivity contribution in [3.8, 4) is 17.2 Å². The maximum atomic E-state index is 12.1. The van der Waals surface area contributed by atoms with E-state index in [-0.39, 0.29) is 18.6 Å². The first-order valence-electron chi connectivity index (χ1n) is 9.83. The number of amides is 1. The van der Waals surface area contributed by atoms with Crippen LogP contribution in [0.1, 0.15) is 38.7 Å². The summed E-state index contributed by atoms with van der Waals surface area (Å²) >= 11 is 0. The van der Waals surface area contributed by atoms with Gasteiger partial charge < -0.3 is 24.3 Å². The third-order valence-corrected chi connectivity index (χ3v) is 5.50. The SMILES string of the molecule is COc1cc(/C=C/C(=O)OCC(=O)N[C@@H]2CCC[C@H](C)[C@H]2C)cc(OC)c1OC. The van der Waals surface area contributed by atoms with Gasteiger partial charge in [0.1, 0.15) is 0 Å². The van der Waals surface area contributed by atoms with Crippen molar-refractivity contribution in [2.45, 2.75) is 39.2 Å². The Balaban J connectivity index is 1.90. The van der Waals surface area contributed by atoms with Gasteiger partial charge in [0.05, 0.1) is 21.3 Å². The van der Waals surface area contributed by atoms with E-state index in [9.17, 15) is 9.59 Å². The average molecular weight is 405 g/mol. The van der Waals surface area contributed by atoms with E-state index >= 15 is 0 Å². The van der Waals surface area contributed by atoms with E-state index in [1.165, 1.54) is 33.8 Å². The molecular formula is C22H31NO6. The molecule has 0 saturated heterocycles. The van der Waals surface area contributed by atoms with Crippen LogP contribution in [0.25, 0.3) is 6.08 Å². The fourth-order valence-corrected chi connectivity index (χ4v) is 3.58. The summed E-state index contributed by atoms with van der Waals surface area (Å²) < 4.78 is 20.9. The Labute approximate surface area is 172 Å². The highest BCUT2D eigenvalue weighted by atomic mass is 16.5. The zero-order valence-corrected chi connectivity index (χ0v) is 17.8. The number of methoxy groups -OCH3 is 3. The van der Waals surface area contributed by atoms with Gasteiger partial charge in [-0.3, -0.25) is 4.79 Å². The Morgan fingerprint density at radius 2 is 1.72 bits per heavy atom. The number of hydrogen-bond donors (Lipinski definition) is 1. The first-order chi connectivity index (χ1) is 13.9. The molecule has 1 aromatic carbocycles. The predicted molar refractivity (Wildman–Crippen MR) is 110 cm³/mol. The second-order valence-corrected chi connectivity index (χ2v) is 7.34. The number of nitrogens with one attached hydrogen (secondary N) is 1. The summed E-state index contributed by atoms with van der Waals surface area (Å²) in [6.07, 6.45) is 6.09. The molecule has 1 fully saturated rings. The Kier molecular flexibility index (Phi) is 8.36. The molecule has 0 heterocycles. The van der Waals surface area contributed by atoms with E-state index in [2.05, 4.69) is 19.2 Å². The lowest BCUT2D eigenvalue weighted by Crippen LogP contribution is -2.45. The number of hydrogen-bond acceptors (Lipinski definition) is 6. The monoisotopic (exact) mass is 405 g/mol. The fraction of sp³-hybridized carbons (Fsp3) is 0.545. The molecular weight excluding hydrogens is 374 g/mol. The number of rotatable bonds is 8. The Hall–Kier alpha value is -2.70. The summed E-state index contributed by atoms with van der Waals surface area (Å²) in [5.41, 5.74) is 0.672. The second-order valence-electron chi connectivity index (χ2n) is 7.34. The molecule has 3 atom stereocenters. The van der Waals surface area contributed by atoms with Gasteiger partial charge in [0, 0.05) is 12.1 Å². The molecule has 1 amide bonds. The van der Waals surface area contributed by atoms with E-state index in [0.717, 1.165) is 12.8 Å². The van der Waals surface area contributed by atoms with Crippen LogP contribution in [-0.4, -0.2) is 45.9 Å². The van der Waals surface area contributed by atoms with Crippen molar-refractivity contribution in [1.29, 1.82) is 0 Å². The first-order valence-corrected chi connectivity index (χ1v) is 9.83. The topological polar surface area (TPSA) is 83.1 Å². The van der Waals surface area contributed by atoms with Gasteiger partial charge in [-0.05, 0) is 42.0 Å².